The molecule has 3 atom stereocenters. The van der Waals surface area contributed by atoms with Crippen LogP contribution in [0, 0.1) is 23.7 Å². The highest BCUT2D eigenvalue weighted by Crippen LogP contribution is 2.38. The van der Waals surface area contributed by atoms with E-state index in [4.69, 9.17) is 0 Å². The number of nitrogens with one attached hydrogen (secondary N) is 1. The molecule has 1 aliphatic rings. The van der Waals surface area contributed by atoms with Crippen LogP contribution in [0.25, 0.3) is 0 Å². The molecule has 0 radical (unpaired) electrons. The highest BCUT2D eigenvalue weighted by molar-refractivity contribution is 4.81. The van der Waals surface area contributed by atoms with Crippen molar-refractivity contribution >= 4 is 0 Å². The second-order valence-electron chi connectivity index (χ2n) is 6.39. The first-order valence-corrected chi connectivity index (χ1v) is 7.88. The Kier molecular flexibility index (Phi) is 7.18. The molecule has 0 aliphatic heterocycles. The van der Waals surface area contributed by atoms with Gasteiger partial charge in [-0.15, -0.1) is 0 Å². The van der Waals surface area contributed by atoms with Crippen LogP contribution in [0.1, 0.15) is 66.2 Å². The zero-order valence-corrected chi connectivity index (χ0v) is 12.5. The predicted octanol–water partition coefficient (Wildman–Crippen LogP) is 4.47. The maximum Gasteiger partial charge on any atom is -0.00180 e. The summed E-state index contributed by atoms with van der Waals surface area (Å²) in [5, 5.41) is 3.57. The lowest BCUT2D eigenvalue weighted by atomic mass is 9.71. The summed E-state index contributed by atoms with van der Waals surface area (Å²) >= 11 is 0. The third kappa shape index (κ3) is 5.42. The Morgan fingerprint density at radius 1 is 1.12 bits per heavy atom. The van der Waals surface area contributed by atoms with Gasteiger partial charge in [0.25, 0.3) is 0 Å². The lowest BCUT2D eigenvalue weighted by Crippen LogP contribution is -2.33. The minimum Gasteiger partial charge on any atom is -0.317 e. The highest BCUT2D eigenvalue weighted by atomic mass is 14.8. The molecule has 17 heavy (non-hydrogen) atoms. The van der Waals surface area contributed by atoms with Gasteiger partial charge in [0, 0.05) is 0 Å². The Labute approximate surface area is 109 Å². The van der Waals surface area contributed by atoms with Crippen LogP contribution in [-0.2, 0) is 0 Å². The Morgan fingerprint density at radius 2 is 1.88 bits per heavy atom. The molecule has 1 heteroatoms. The van der Waals surface area contributed by atoms with E-state index in [9.17, 15) is 0 Å². The molecule has 0 amide bonds. The highest BCUT2D eigenvalue weighted by Gasteiger charge is 2.29. The zero-order valence-electron chi connectivity index (χ0n) is 12.5. The van der Waals surface area contributed by atoms with Crippen LogP contribution in [0.5, 0.6) is 0 Å². The van der Waals surface area contributed by atoms with Crippen molar-refractivity contribution in [1.29, 1.82) is 0 Å². The van der Waals surface area contributed by atoms with Gasteiger partial charge in [-0.05, 0) is 56.0 Å². The fourth-order valence-electron chi connectivity index (χ4n) is 3.29. The smallest absolute Gasteiger partial charge is 0.00180 e. The van der Waals surface area contributed by atoms with Crippen molar-refractivity contribution < 1.29 is 0 Å². The SMILES string of the molecule is CCNCC1CCC(CC)CC1CCC(C)C. The third-order valence-electron chi connectivity index (χ3n) is 4.60. The lowest BCUT2D eigenvalue weighted by molar-refractivity contribution is 0.157. The first kappa shape index (κ1) is 15.0. The second kappa shape index (κ2) is 8.13. The summed E-state index contributed by atoms with van der Waals surface area (Å²) in [6.07, 6.45) is 8.72. The molecule has 0 spiro atoms. The van der Waals surface area contributed by atoms with E-state index in [1.807, 2.05) is 0 Å². The first-order valence-electron chi connectivity index (χ1n) is 7.88. The Bertz CT molecular complexity index is 188. The predicted molar refractivity (Wildman–Crippen MR) is 77.2 cm³/mol. The summed E-state index contributed by atoms with van der Waals surface area (Å²) < 4.78 is 0. The van der Waals surface area contributed by atoms with E-state index in [1.54, 1.807) is 0 Å². The molecule has 0 saturated heterocycles. The van der Waals surface area contributed by atoms with E-state index in [-0.39, 0.29) is 0 Å². The van der Waals surface area contributed by atoms with Crippen LogP contribution < -0.4 is 5.32 Å². The van der Waals surface area contributed by atoms with Gasteiger partial charge in [-0.3, -0.25) is 0 Å². The minimum absolute atomic E-state index is 0.872. The number of rotatable bonds is 7. The fraction of sp³-hybridized carbons (Fsp3) is 1.00. The molecule has 0 aromatic carbocycles. The summed E-state index contributed by atoms with van der Waals surface area (Å²) in [7, 11) is 0. The van der Waals surface area contributed by atoms with Gasteiger partial charge in [-0.1, -0.05) is 47.0 Å². The molecule has 0 aromatic heterocycles. The van der Waals surface area contributed by atoms with Crippen LogP contribution in [0.3, 0.4) is 0 Å². The van der Waals surface area contributed by atoms with E-state index in [1.165, 1.54) is 45.1 Å². The maximum atomic E-state index is 3.57. The van der Waals surface area contributed by atoms with Crippen molar-refractivity contribution in [3.05, 3.63) is 0 Å². The van der Waals surface area contributed by atoms with Crippen LogP contribution in [-0.4, -0.2) is 13.1 Å². The largest absolute Gasteiger partial charge is 0.317 e. The fourth-order valence-corrected chi connectivity index (χ4v) is 3.29. The Hall–Kier alpha value is -0.0400. The van der Waals surface area contributed by atoms with Gasteiger partial charge < -0.3 is 5.32 Å². The summed E-state index contributed by atoms with van der Waals surface area (Å²) in [5.41, 5.74) is 0. The summed E-state index contributed by atoms with van der Waals surface area (Å²) in [6, 6.07) is 0. The molecular weight excluding hydrogens is 206 g/mol. The van der Waals surface area contributed by atoms with E-state index in [0.717, 1.165) is 30.2 Å². The van der Waals surface area contributed by atoms with Gasteiger partial charge >= 0.3 is 0 Å². The van der Waals surface area contributed by atoms with Gasteiger partial charge in [-0.25, -0.2) is 0 Å². The molecule has 3 unspecified atom stereocenters. The van der Waals surface area contributed by atoms with Gasteiger partial charge in [0.15, 0.2) is 0 Å². The monoisotopic (exact) mass is 239 g/mol. The Morgan fingerprint density at radius 3 is 2.47 bits per heavy atom. The average molecular weight is 239 g/mol. The topological polar surface area (TPSA) is 12.0 Å². The van der Waals surface area contributed by atoms with E-state index in [0.29, 0.717) is 0 Å². The normalized spacial score (nSPS) is 29.8. The number of hydrogen-bond donors (Lipinski definition) is 1. The van der Waals surface area contributed by atoms with Gasteiger partial charge in [0.2, 0.25) is 0 Å². The third-order valence-corrected chi connectivity index (χ3v) is 4.60. The molecular formula is C16H33N. The van der Waals surface area contributed by atoms with Crippen LogP contribution in [0.4, 0.5) is 0 Å². The van der Waals surface area contributed by atoms with E-state index < -0.39 is 0 Å². The first-order chi connectivity index (χ1) is 8.17. The Balaban J connectivity index is 2.42. The number of hydrogen-bond acceptors (Lipinski definition) is 1. The van der Waals surface area contributed by atoms with Crippen molar-refractivity contribution in [2.45, 2.75) is 66.2 Å². The van der Waals surface area contributed by atoms with Crippen LogP contribution in [0.15, 0.2) is 0 Å². The minimum atomic E-state index is 0.872. The van der Waals surface area contributed by atoms with Gasteiger partial charge in [0.1, 0.15) is 0 Å². The summed E-state index contributed by atoms with van der Waals surface area (Å²) in [6.45, 7) is 11.7. The molecule has 0 aromatic rings. The summed E-state index contributed by atoms with van der Waals surface area (Å²) in [5.74, 6) is 3.84. The maximum absolute atomic E-state index is 3.57. The second-order valence-corrected chi connectivity index (χ2v) is 6.39. The molecule has 1 aliphatic carbocycles. The zero-order chi connectivity index (χ0) is 12.7. The molecule has 0 heterocycles. The van der Waals surface area contributed by atoms with E-state index >= 15 is 0 Å². The average Bonchev–Trinajstić information content (AvgIpc) is 2.34. The van der Waals surface area contributed by atoms with Gasteiger partial charge in [0.05, 0.1) is 0 Å². The molecule has 0 bridgehead atoms. The molecule has 1 saturated carbocycles. The molecule has 1 rings (SSSR count). The lowest BCUT2D eigenvalue weighted by Gasteiger charge is -2.36. The van der Waals surface area contributed by atoms with Crippen molar-refractivity contribution in [3.8, 4) is 0 Å². The quantitative estimate of drug-likeness (QED) is 0.691. The van der Waals surface area contributed by atoms with E-state index in [2.05, 4.69) is 33.0 Å². The molecule has 1 nitrogen and oxygen atoms in total. The van der Waals surface area contributed by atoms with Crippen molar-refractivity contribution in [3.63, 3.8) is 0 Å². The van der Waals surface area contributed by atoms with Crippen molar-refractivity contribution in [2.75, 3.05) is 13.1 Å². The van der Waals surface area contributed by atoms with Crippen LogP contribution >= 0.6 is 0 Å². The molecule has 102 valence electrons. The van der Waals surface area contributed by atoms with Crippen LogP contribution in [0.2, 0.25) is 0 Å². The molecule has 1 N–H and O–H groups in total. The summed E-state index contributed by atoms with van der Waals surface area (Å²) in [4.78, 5) is 0. The van der Waals surface area contributed by atoms with Gasteiger partial charge in [-0.2, -0.15) is 0 Å². The van der Waals surface area contributed by atoms with Crippen molar-refractivity contribution in [2.24, 2.45) is 23.7 Å². The molecule has 1 fully saturated rings. The van der Waals surface area contributed by atoms with Crippen molar-refractivity contribution in [1.82, 2.24) is 5.32 Å². The standard InChI is InChI=1S/C16H33N/c1-5-14-8-10-16(12-17-6-2)15(11-14)9-7-13(3)4/h13-17H,5-12H2,1-4H3.